The van der Waals surface area contributed by atoms with E-state index in [-0.39, 0.29) is 10.6 Å². The van der Waals surface area contributed by atoms with Gasteiger partial charge in [-0.15, -0.1) is 0 Å². The van der Waals surface area contributed by atoms with Gasteiger partial charge in [0.1, 0.15) is 10.7 Å². The number of halogens is 3. The van der Waals surface area contributed by atoms with Crippen LogP contribution in [-0.2, 0) is 23.2 Å². The Balaban J connectivity index is 2.36. The van der Waals surface area contributed by atoms with Crippen LogP contribution in [0.3, 0.4) is 0 Å². The molecule has 0 fully saturated rings. The van der Waals surface area contributed by atoms with Gasteiger partial charge in [-0.25, -0.2) is 18.4 Å². The van der Waals surface area contributed by atoms with Crippen LogP contribution in [0.2, 0.25) is 0 Å². The summed E-state index contributed by atoms with van der Waals surface area (Å²) in [6.45, 7) is 1.47. The summed E-state index contributed by atoms with van der Waals surface area (Å²) in [5.41, 5.74) is 0.218. The number of aryl methyl sites for hydroxylation is 2. The quantitative estimate of drug-likeness (QED) is 0.921. The van der Waals surface area contributed by atoms with Crippen LogP contribution in [0.15, 0.2) is 23.4 Å². The van der Waals surface area contributed by atoms with Crippen molar-refractivity contribution in [3.63, 3.8) is 0 Å². The van der Waals surface area contributed by atoms with Gasteiger partial charge in [0.05, 0.1) is 5.69 Å². The number of rotatable bonds is 3. The maximum Gasteiger partial charge on any atom is 0.451 e. The molecule has 0 atom stereocenters. The molecule has 21 heavy (non-hydrogen) atoms. The number of hydrogen-bond acceptors (Lipinski definition) is 5. The molecule has 114 valence electrons. The van der Waals surface area contributed by atoms with Crippen LogP contribution in [0.5, 0.6) is 0 Å². The van der Waals surface area contributed by atoms with Gasteiger partial charge in [-0.2, -0.15) is 18.3 Å². The highest BCUT2D eigenvalue weighted by Crippen LogP contribution is 2.26. The first-order valence-corrected chi connectivity index (χ1v) is 7.01. The third kappa shape index (κ3) is 3.29. The van der Waals surface area contributed by atoms with Crippen LogP contribution in [0.1, 0.15) is 11.5 Å². The fourth-order valence-electron chi connectivity index (χ4n) is 1.59. The van der Waals surface area contributed by atoms with Crippen molar-refractivity contribution in [2.75, 3.05) is 4.72 Å². The number of nitrogens with one attached hydrogen (secondary N) is 1. The average molecular weight is 321 g/mol. The minimum Gasteiger partial charge on any atom is -0.274 e. The second-order valence-electron chi connectivity index (χ2n) is 4.12. The Labute approximate surface area is 117 Å². The molecule has 2 heterocycles. The summed E-state index contributed by atoms with van der Waals surface area (Å²) < 4.78 is 64.9. The van der Waals surface area contributed by atoms with Crippen LogP contribution in [0, 0.1) is 6.92 Å². The Morgan fingerprint density at radius 1 is 1.33 bits per heavy atom. The fourth-order valence-corrected chi connectivity index (χ4v) is 2.81. The zero-order valence-electron chi connectivity index (χ0n) is 10.9. The lowest BCUT2D eigenvalue weighted by atomic mass is 10.5. The normalized spacial score (nSPS) is 12.4. The highest BCUT2D eigenvalue weighted by Gasteiger charge is 2.35. The van der Waals surface area contributed by atoms with Crippen LogP contribution in [-0.4, -0.2) is 28.2 Å². The maximum atomic E-state index is 12.5. The third-order valence-electron chi connectivity index (χ3n) is 2.41. The molecule has 2 aromatic heterocycles. The monoisotopic (exact) mass is 321 g/mol. The molecule has 1 N–H and O–H groups in total. The first-order chi connectivity index (χ1) is 9.59. The minimum atomic E-state index is -4.76. The van der Waals surface area contributed by atoms with E-state index in [0.29, 0.717) is 0 Å². The summed E-state index contributed by atoms with van der Waals surface area (Å²) >= 11 is 0. The van der Waals surface area contributed by atoms with Crippen molar-refractivity contribution in [3.8, 4) is 0 Å². The lowest BCUT2D eigenvalue weighted by Gasteiger charge is -2.08. The van der Waals surface area contributed by atoms with E-state index in [1.54, 1.807) is 0 Å². The molecule has 11 heteroatoms. The first kappa shape index (κ1) is 15.2. The van der Waals surface area contributed by atoms with Crippen LogP contribution in [0.4, 0.5) is 19.0 Å². The van der Waals surface area contributed by atoms with E-state index in [9.17, 15) is 21.6 Å². The number of anilines is 1. The molecule has 0 aliphatic heterocycles. The largest absolute Gasteiger partial charge is 0.451 e. The van der Waals surface area contributed by atoms with Crippen molar-refractivity contribution < 1.29 is 21.6 Å². The topological polar surface area (TPSA) is 89.8 Å². The molecule has 0 unspecified atom stereocenters. The van der Waals surface area contributed by atoms with Gasteiger partial charge in [0.15, 0.2) is 0 Å². The molecule has 0 bridgehead atoms. The summed E-state index contributed by atoms with van der Waals surface area (Å²) in [6.07, 6.45) is -2.70. The Kier molecular flexibility index (Phi) is 3.61. The Hall–Kier alpha value is -2.17. The van der Waals surface area contributed by atoms with Crippen LogP contribution >= 0.6 is 0 Å². The molecule has 0 aliphatic carbocycles. The number of sulfonamides is 1. The van der Waals surface area contributed by atoms with Crippen molar-refractivity contribution in [1.82, 2.24) is 19.7 Å². The fraction of sp³-hybridized carbons (Fsp3) is 0.300. The average Bonchev–Trinajstić information content (AvgIpc) is 2.68. The van der Waals surface area contributed by atoms with E-state index in [0.717, 1.165) is 12.3 Å². The number of aromatic nitrogens is 4. The summed E-state index contributed by atoms with van der Waals surface area (Å²) in [6, 6.07) is 1.03. The van der Waals surface area contributed by atoms with E-state index < -0.39 is 27.8 Å². The first-order valence-electron chi connectivity index (χ1n) is 5.53. The summed E-state index contributed by atoms with van der Waals surface area (Å²) in [5, 5.41) is 3.86. The van der Waals surface area contributed by atoms with Gasteiger partial charge < -0.3 is 0 Å². The number of alkyl halides is 3. The van der Waals surface area contributed by atoms with Crippen molar-refractivity contribution >= 4 is 15.8 Å². The highest BCUT2D eigenvalue weighted by molar-refractivity contribution is 7.92. The van der Waals surface area contributed by atoms with Gasteiger partial charge in [0.25, 0.3) is 10.0 Å². The van der Waals surface area contributed by atoms with Gasteiger partial charge in [-0.3, -0.25) is 9.40 Å². The molecule has 7 nitrogen and oxygen atoms in total. The molecule has 0 aliphatic rings. The van der Waals surface area contributed by atoms with E-state index in [2.05, 4.69) is 15.1 Å². The molecule has 0 saturated carbocycles. The van der Waals surface area contributed by atoms with Gasteiger partial charge in [0.2, 0.25) is 5.82 Å². The smallest absolute Gasteiger partial charge is 0.274 e. The SMILES string of the molecule is Cc1nn(C)cc1S(=O)(=O)Nc1ccnc(C(F)(F)F)n1. The maximum absolute atomic E-state index is 12.5. The lowest BCUT2D eigenvalue weighted by molar-refractivity contribution is -0.144. The zero-order valence-corrected chi connectivity index (χ0v) is 11.7. The van der Waals surface area contributed by atoms with E-state index >= 15 is 0 Å². The van der Waals surface area contributed by atoms with Crippen molar-refractivity contribution in [2.24, 2.45) is 7.05 Å². The van der Waals surface area contributed by atoms with E-state index in [1.165, 1.54) is 24.9 Å². The molecule has 0 amide bonds. The predicted octanol–water partition coefficient (Wildman–Crippen LogP) is 1.34. The molecular weight excluding hydrogens is 311 g/mol. The second-order valence-corrected chi connectivity index (χ2v) is 5.77. The summed E-state index contributed by atoms with van der Waals surface area (Å²) in [5.74, 6) is -1.90. The van der Waals surface area contributed by atoms with E-state index in [4.69, 9.17) is 0 Å². The third-order valence-corrected chi connectivity index (χ3v) is 3.86. The minimum absolute atomic E-state index is 0.142. The molecule has 0 aromatic carbocycles. The Morgan fingerprint density at radius 3 is 2.52 bits per heavy atom. The summed E-state index contributed by atoms with van der Waals surface area (Å²) in [4.78, 5) is 6.04. The van der Waals surface area contributed by atoms with Gasteiger partial charge >= 0.3 is 6.18 Å². The van der Waals surface area contributed by atoms with Crippen molar-refractivity contribution in [2.45, 2.75) is 18.0 Å². The van der Waals surface area contributed by atoms with Crippen molar-refractivity contribution in [3.05, 3.63) is 30.0 Å². The number of nitrogens with zero attached hydrogens (tertiary/aromatic N) is 4. The Bertz CT molecular complexity index is 769. The molecule has 2 aromatic rings. The van der Waals surface area contributed by atoms with E-state index in [1.807, 2.05) is 4.72 Å². The Morgan fingerprint density at radius 2 is 2.00 bits per heavy atom. The molecule has 0 saturated heterocycles. The molecule has 2 rings (SSSR count). The second kappa shape index (κ2) is 4.98. The number of hydrogen-bond donors (Lipinski definition) is 1. The predicted molar refractivity (Wildman–Crippen MR) is 65.8 cm³/mol. The zero-order chi connectivity index (χ0) is 15.8. The van der Waals surface area contributed by atoms with Gasteiger partial charge in [-0.1, -0.05) is 0 Å². The summed E-state index contributed by atoms with van der Waals surface area (Å²) in [7, 11) is -2.55. The highest BCUT2D eigenvalue weighted by atomic mass is 32.2. The molecule has 0 radical (unpaired) electrons. The van der Waals surface area contributed by atoms with Crippen LogP contribution in [0.25, 0.3) is 0 Å². The molecule has 0 spiro atoms. The standard InChI is InChI=1S/C10H10F3N5O2S/c1-6-7(5-18(2)16-6)21(19,20)17-8-3-4-14-9(15-8)10(11,12)13/h3-5H,1-2H3,(H,14,15,17). The van der Waals surface area contributed by atoms with Gasteiger partial charge in [-0.05, 0) is 13.0 Å². The van der Waals surface area contributed by atoms with Crippen LogP contribution < -0.4 is 4.72 Å². The molecular formula is C10H10F3N5O2S. The van der Waals surface area contributed by atoms with Crippen molar-refractivity contribution in [1.29, 1.82) is 0 Å². The lowest BCUT2D eigenvalue weighted by Crippen LogP contribution is -2.17. The van der Waals surface area contributed by atoms with Gasteiger partial charge in [0, 0.05) is 19.4 Å².